The van der Waals surface area contributed by atoms with Crippen molar-refractivity contribution in [1.29, 1.82) is 0 Å². The van der Waals surface area contributed by atoms with Gasteiger partial charge in [0, 0.05) is 0 Å². The lowest BCUT2D eigenvalue weighted by molar-refractivity contribution is -0.138. The summed E-state index contributed by atoms with van der Waals surface area (Å²) < 4.78 is 0. The molecular formula is C15H30N2O4. The molecule has 124 valence electrons. The molecule has 6 nitrogen and oxygen atoms in total. The minimum absolute atomic E-state index is 0.438. The molecular weight excluding hydrogens is 272 g/mol. The molecule has 0 heterocycles. The standard InChI is InChI=1S/C9H16O2.C6H14N2O2/c1-2-3-4-6-9(11)7-5-8-10;7-4-2-1-3-5(8)6(9)10/h5,7-9,11H,2-4,6H2,1H3;5H,1-4,7-8H2,(H,9,10). The van der Waals surface area contributed by atoms with Gasteiger partial charge in [-0.25, -0.2) is 0 Å². The topological polar surface area (TPSA) is 127 Å². The molecule has 0 amide bonds. The van der Waals surface area contributed by atoms with Crippen molar-refractivity contribution < 1.29 is 19.8 Å². The Morgan fingerprint density at radius 2 is 1.81 bits per heavy atom. The Hall–Kier alpha value is -1.24. The molecule has 0 saturated heterocycles. The molecule has 21 heavy (non-hydrogen) atoms. The average molecular weight is 302 g/mol. The first-order valence-corrected chi connectivity index (χ1v) is 7.48. The van der Waals surface area contributed by atoms with Crippen molar-refractivity contribution in [3.8, 4) is 0 Å². The molecule has 6 heteroatoms. The predicted molar refractivity (Wildman–Crippen MR) is 83.9 cm³/mol. The number of aliphatic hydroxyl groups excluding tert-OH is 1. The second kappa shape index (κ2) is 16.8. The maximum absolute atomic E-state index is 10.1. The highest BCUT2D eigenvalue weighted by Crippen LogP contribution is 2.03. The maximum Gasteiger partial charge on any atom is 0.320 e. The van der Waals surface area contributed by atoms with E-state index in [9.17, 15) is 9.59 Å². The zero-order valence-electron chi connectivity index (χ0n) is 12.9. The average Bonchev–Trinajstić information content (AvgIpc) is 2.46. The number of carboxylic acid groups (broad SMARTS) is 1. The van der Waals surface area contributed by atoms with E-state index in [4.69, 9.17) is 21.7 Å². The lowest BCUT2D eigenvalue weighted by Crippen LogP contribution is -2.29. The molecule has 0 aromatic heterocycles. The van der Waals surface area contributed by atoms with Crippen molar-refractivity contribution in [1.82, 2.24) is 0 Å². The zero-order valence-corrected chi connectivity index (χ0v) is 12.9. The van der Waals surface area contributed by atoms with E-state index in [1.807, 2.05) is 0 Å². The third-order valence-corrected chi connectivity index (χ3v) is 2.80. The van der Waals surface area contributed by atoms with Crippen molar-refractivity contribution in [2.75, 3.05) is 6.54 Å². The third kappa shape index (κ3) is 18.8. The Balaban J connectivity index is 0. The van der Waals surface area contributed by atoms with Crippen LogP contribution in [0.5, 0.6) is 0 Å². The van der Waals surface area contributed by atoms with Gasteiger partial charge in [-0.2, -0.15) is 0 Å². The first-order chi connectivity index (χ1) is 9.99. The number of aliphatic hydroxyl groups is 1. The van der Waals surface area contributed by atoms with E-state index >= 15 is 0 Å². The number of carbonyl (C=O) groups excluding carboxylic acids is 1. The third-order valence-electron chi connectivity index (χ3n) is 2.80. The Labute approximate surface area is 127 Å². The molecule has 0 aromatic rings. The van der Waals surface area contributed by atoms with Gasteiger partial charge in [0.25, 0.3) is 0 Å². The van der Waals surface area contributed by atoms with Crippen LogP contribution >= 0.6 is 0 Å². The van der Waals surface area contributed by atoms with E-state index in [-0.39, 0.29) is 0 Å². The van der Waals surface area contributed by atoms with Crippen LogP contribution in [0.25, 0.3) is 0 Å². The van der Waals surface area contributed by atoms with E-state index in [2.05, 4.69) is 6.92 Å². The van der Waals surface area contributed by atoms with Crippen LogP contribution in [-0.2, 0) is 9.59 Å². The maximum atomic E-state index is 10.1. The number of carbonyl (C=O) groups is 2. The van der Waals surface area contributed by atoms with Crippen LogP contribution < -0.4 is 11.5 Å². The number of carboxylic acids is 1. The van der Waals surface area contributed by atoms with Gasteiger partial charge in [0.05, 0.1) is 6.10 Å². The summed E-state index contributed by atoms with van der Waals surface area (Å²) in [5.41, 5.74) is 10.4. The second-order valence-corrected chi connectivity index (χ2v) is 4.81. The molecule has 0 spiro atoms. The molecule has 0 aliphatic carbocycles. The van der Waals surface area contributed by atoms with Crippen LogP contribution in [0.1, 0.15) is 51.9 Å². The quantitative estimate of drug-likeness (QED) is 0.258. The van der Waals surface area contributed by atoms with E-state index in [0.29, 0.717) is 19.3 Å². The van der Waals surface area contributed by atoms with Crippen molar-refractivity contribution in [2.45, 2.75) is 64.0 Å². The first-order valence-electron chi connectivity index (χ1n) is 7.48. The van der Waals surface area contributed by atoms with Crippen molar-refractivity contribution in [3.05, 3.63) is 12.2 Å². The molecule has 0 aromatic carbocycles. The fraction of sp³-hybridized carbons (Fsp3) is 0.733. The van der Waals surface area contributed by atoms with Crippen molar-refractivity contribution >= 4 is 12.3 Å². The van der Waals surface area contributed by atoms with E-state index in [1.54, 1.807) is 0 Å². The minimum atomic E-state index is -0.933. The fourth-order valence-corrected chi connectivity index (χ4v) is 1.51. The van der Waals surface area contributed by atoms with Crippen molar-refractivity contribution in [3.63, 3.8) is 0 Å². The summed E-state index contributed by atoms with van der Waals surface area (Å²) in [7, 11) is 0. The molecule has 0 bridgehead atoms. The molecule has 2 atom stereocenters. The fourth-order valence-electron chi connectivity index (χ4n) is 1.51. The highest BCUT2D eigenvalue weighted by atomic mass is 16.4. The van der Waals surface area contributed by atoms with Crippen LogP contribution in [-0.4, -0.2) is 41.2 Å². The lowest BCUT2D eigenvalue weighted by Gasteiger charge is -2.03. The first kappa shape index (κ1) is 22.0. The van der Waals surface area contributed by atoms with E-state index in [0.717, 1.165) is 38.5 Å². The van der Waals surface area contributed by atoms with Crippen LogP contribution in [0.4, 0.5) is 0 Å². The van der Waals surface area contributed by atoms with Gasteiger partial charge in [0.2, 0.25) is 0 Å². The smallest absolute Gasteiger partial charge is 0.320 e. The number of unbranched alkanes of at least 4 members (excludes halogenated alkanes) is 3. The van der Waals surface area contributed by atoms with Crippen LogP contribution in [0.3, 0.4) is 0 Å². The van der Waals surface area contributed by atoms with E-state index < -0.39 is 18.1 Å². The summed E-state index contributed by atoms with van der Waals surface area (Å²) in [6, 6.07) is -0.716. The van der Waals surface area contributed by atoms with Gasteiger partial charge in [0.15, 0.2) is 0 Å². The normalized spacial score (nSPS) is 13.3. The van der Waals surface area contributed by atoms with E-state index in [1.165, 1.54) is 12.2 Å². The van der Waals surface area contributed by atoms with Gasteiger partial charge < -0.3 is 21.7 Å². The number of nitrogens with two attached hydrogens (primary N) is 2. The number of hydrogen-bond donors (Lipinski definition) is 4. The number of aliphatic carboxylic acids is 1. The summed E-state index contributed by atoms with van der Waals surface area (Å²) in [4.78, 5) is 20.0. The number of hydrogen-bond acceptors (Lipinski definition) is 5. The number of rotatable bonds is 11. The Bertz CT molecular complexity index is 283. The molecule has 2 unspecified atom stereocenters. The van der Waals surface area contributed by atoms with Crippen LogP contribution in [0.2, 0.25) is 0 Å². The van der Waals surface area contributed by atoms with Gasteiger partial charge in [-0.3, -0.25) is 9.59 Å². The Morgan fingerprint density at radius 1 is 1.19 bits per heavy atom. The second-order valence-electron chi connectivity index (χ2n) is 4.81. The molecule has 0 aliphatic rings. The SMILES string of the molecule is CCCCCC(O)C=CC=O.NCCCCC(N)C(=O)O. The minimum Gasteiger partial charge on any atom is -0.480 e. The summed E-state index contributed by atoms with van der Waals surface area (Å²) >= 11 is 0. The summed E-state index contributed by atoms with van der Waals surface area (Å²) in [5, 5.41) is 17.5. The Morgan fingerprint density at radius 3 is 2.29 bits per heavy atom. The van der Waals surface area contributed by atoms with Gasteiger partial charge in [-0.15, -0.1) is 0 Å². The van der Waals surface area contributed by atoms with Crippen LogP contribution in [0, 0.1) is 0 Å². The zero-order chi connectivity index (χ0) is 16.5. The highest BCUT2D eigenvalue weighted by molar-refractivity contribution is 5.72. The lowest BCUT2D eigenvalue weighted by atomic mass is 10.1. The molecule has 0 saturated carbocycles. The molecule has 0 radical (unpaired) electrons. The summed E-state index contributed by atoms with van der Waals surface area (Å²) in [6.07, 6.45) is 9.38. The Kier molecular flexibility index (Phi) is 17.7. The highest BCUT2D eigenvalue weighted by Gasteiger charge is 2.09. The van der Waals surface area contributed by atoms with Gasteiger partial charge in [-0.1, -0.05) is 38.7 Å². The molecule has 0 fully saturated rings. The number of allylic oxidation sites excluding steroid dienone is 1. The number of aldehydes is 1. The predicted octanol–water partition coefficient (Wildman–Crippen LogP) is 1.21. The molecule has 6 N–H and O–H groups in total. The largest absolute Gasteiger partial charge is 0.480 e. The van der Waals surface area contributed by atoms with Gasteiger partial charge in [0.1, 0.15) is 12.3 Å². The monoisotopic (exact) mass is 302 g/mol. The van der Waals surface area contributed by atoms with Gasteiger partial charge in [-0.05, 0) is 31.9 Å². The molecule has 0 aliphatic heterocycles. The summed E-state index contributed by atoms with van der Waals surface area (Å²) in [5.74, 6) is -0.933. The molecule has 0 rings (SSSR count). The van der Waals surface area contributed by atoms with Crippen molar-refractivity contribution in [2.24, 2.45) is 11.5 Å². The van der Waals surface area contributed by atoms with Crippen LogP contribution in [0.15, 0.2) is 12.2 Å². The summed E-state index contributed by atoms with van der Waals surface area (Å²) in [6.45, 7) is 2.72. The van der Waals surface area contributed by atoms with Gasteiger partial charge >= 0.3 is 5.97 Å².